The van der Waals surface area contributed by atoms with E-state index in [1.54, 1.807) is 11.8 Å². The summed E-state index contributed by atoms with van der Waals surface area (Å²) in [7, 11) is 0. The van der Waals surface area contributed by atoms with Crippen molar-refractivity contribution in [1.82, 2.24) is 5.32 Å². The number of hydrogen-bond donors (Lipinski definition) is 1. The summed E-state index contributed by atoms with van der Waals surface area (Å²) in [4.78, 5) is 0. The molecule has 60 valence electrons. The van der Waals surface area contributed by atoms with Crippen molar-refractivity contribution >= 4 is 11.8 Å². The third-order valence-electron chi connectivity index (χ3n) is 1.92. The van der Waals surface area contributed by atoms with E-state index in [9.17, 15) is 4.39 Å². The molecule has 0 aliphatic carbocycles. The van der Waals surface area contributed by atoms with Crippen molar-refractivity contribution in [2.24, 2.45) is 5.92 Å². The molecule has 2 atom stereocenters. The monoisotopic (exact) mass is 163 g/mol. The number of hydrogen-bond acceptors (Lipinski definition) is 2. The van der Waals surface area contributed by atoms with E-state index in [2.05, 4.69) is 5.32 Å². The Morgan fingerprint density at radius 1 is 1.70 bits per heavy atom. The van der Waals surface area contributed by atoms with Gasteiger partial charge in [0.15, 0.2) is 0 Å². The number of rotatable bonds is 2. The first-order valence-electron chi connectivity index (χ1n) is 3.68. The highest BCUT2D eigenvalue weighted by atomic mass is 32.2. The van der Waals surface area contributed by atoms with Crippen LogP contribution in [0.2, 0.25) is 0 Å². The molecule has 0 spiro atoms. The molecule has 1 N–H and O–H groups in total. The molecule has 1 nitrogen and oxygen atoms in total. The molecule has 10 heavy (non-hydrogen) atoms. The molecule has 0 aromatic rings. The molecule has 0 aromatic carbocycles. The minimum Gasteiger partial charge on any atom is -0.314 e. The second-order valence-electron chi connectivity index (χ2n) is 2.72. The number of halogens is 1. The molecule has 0 amide bonds. The number of nitrogens with one attached hydrogen (secondary N) is 1. The van der Waals surface area contributed by atoms with Crippen LogP contribution in [0.15, 0.2) is 0 Å². The standard InChI is InChI=1S/C7H14FNS/c1-10-5-6-2-3-9-4-7(6)8/h6-7,9H,2-5H2,1H3. The van der Waals surface area contributed by atoms with E-state index in [1.165, 1.54) is 0 Å². The summed E-state index contributed by atoms with van der Waals surface area (Å²) in [5.74, 6) is 1.28. The fourth-order valence-electron chi connectivity index (χ4n) is 1.28. The fourth-order valence-corrected chi connectivity index (χ4v) is 2.08. The molecular formula is C7H14FNS. The molecule has 0 radical (unpaired) electrons. The Bertz CT molecular complexity index is 97.6. The maximum absolute atomic E-state index is 13.0. The number of piperidine rings is 1. The van der Waals surface area contributed by atoms with Crippen LogP contribution in [0.1, 0.15) is 6.42 Å². The van der Waals surface area contributed by atoms with Gasteiger partial charge in [-0.25, -0.2) is 4.39 Å². The summed E-state index contributed by atoms with van der Waals surface area (Å²) < 4.78 is 13.0. The Balaban J connectivity index is 2.25. The van der Waals surface area contributed by atoms with E-state index < -0.39 is 6.17 Å². The van der Waals surface area contributed by atoms with Gasteiger partial charge in [0.25, 0.3) is 0 Å². The summed E-state index contributed by atoms with van der Waals surface area (Å²) >= 11 is 1.74. The van der Waals surface area contributed by atoms with Gasteiger partial charge >= 0.3 is 0 Å². The highest BCUT2D eigenvalue weighted by molar-refractivity contribution is 7.98. The minimum atomic E-state index is -0.610. The Kier molecular flexibility index (Phi) is 3.49. The molecular weight excluding hydrogens is 149 g/mol. The van der Waals surface area contributed by atoms with Crippen molar-refractivity contribution in [3.8, 4) is 0 Å². The normalized spacial score (nSPS) is 34.2. The summed E-state index contributed by atoms with van der Waals surface area (Å²) in [6.45, 7) is 1.55. The van der Waals surface area contributed by atoms with Crippen molar-refractivity contribution in [3.05, 3.63) is 0 Å². The third-order valence-corrected chi connectivity index (χ3v) is 2.68. The van der Waals surface area contributed by atoms with Crippen molar-refractivity contribution in [2.75, 3.05) is 25.1 Å². The lowest BCUT2D eigenvalue weighted by Gasteiger charge is -2.25. The lowest BCUT2D eigenvalue weighted by atomic mass is 9.99. The van der Waals surface area contributed by atoms with Crippen LogP contribution in [0.3, 0.4) is 0 Å². The summed E-state index contributed by atoms with van der Waals surface area (Å²) in [6.07, 6.45) is 2.43. The van der Waals surface area contributed by atoms with Gasteiger partial charge in [-0.15, -0.1) is 0 Å². The quantitative estimate of drug-likeness (QED) is 0.658. The maximum Gasteiger partial charge on any atom is 0.116 e. The first-order valence-corrected chi connectivity index (χ1v) is 5.07. The van der Waals surface area contributed by atoms with Gasteiger partial charge in [0.2, 0.25) is 0 Å². The van der Waals surface area contributed by atoms with Crippen LogP contribution in [0.25, 0.3) is 0 Å². The third kappa shape index (κ3) is 2.13. The predicted octanol–water partition coefficient (Wildman–Crippen LogP) is 1.30. The Morgan fingerprint density at radius 3 is 3.10 bits per heavy atom. The number of alkyl halides is 1. The molecule has 1 fully saturated rings. The van der Waals surface area contributed by atoms with Crippen molar-refractivity contribution < 1.29 is 4.39 Å². The molecule has 0 bridgehead atoms. The average Bonchev–Trinajstić information content (AvgIpc) is 1.94. The molecule has 1 aliphatic rings. The maximum atomic E-state index is 13.0. The molecule has 2 unspecified atom stereocenters. The molecule has 1 heterocycles. The molecule has 1 rings (SSSR count). The summed E-state index contributed by atoms with van der Waals surface area (Å²) in [6, 6.07) is 0. The van der Waals surface area contributed by atoms with Crippen LogP contribution in [0.4, 0.5) is 4.39 Å². The zero-order valence-corrected chi connectivity index (χ0v) is 7.09. The van der Waals surface area contributed by atoms with Crippen LogP contribution in [0.5, 0.6) is 0 Å². The lowest BCUT2D eigenvalue weighted by molar-refractivity contribution is 0.197. The van der Waals surface area contributed by atoms with Crippen LogP contribution >= 0.6 is 11.8 Å². The first-order chi connectivity index (χ1) is 4.84. The van der Waals surface area contributed by atoms with Crippen molar-refractivity contribution in [2.45, 2.75) is 12.6 Å². The molecule has 0 saturated carbocycles. The first kappa shape index (κ1) is 8.34. The van der Waals surface area contributed by atoms with Gasteiger partial charge in [0.1, 0.15) is 6.17 Å². The smallest absolute Gasteiger partial charge is 0.116 e. The van der Waals surface area contributed by atoms with E-state index in [4.69, 9.17) is 0 Å². The van der Waals surface area contributed by atoms with Gasteiger partial charge in [-0.3, -0.25) is 0 Å². The lowest BCUT2D eigenvalue weighted by Crippen LogP contribution is -2.38. The van der Waals surface area contributed by atoms with Gasteiger partial charge in [0, 0.05) is 12.5 Å². The van der Waals surface area contributed by atoms with E-state index in [0.717, 1.165) is 18.7 Å². The highest BCUT2D eigenvalue weighted by Gasteiger charge is 2.23. The topological polar surface area (TPSA) is 12.0 Å². The van der Waals surface area contributed by atoms with Gasteiger partial charge in [-0.2, -0.15) is 11.8 Å². The van der Waals surface area contributed by atoms with E-state index in [0.29, 0.717) is 12.5 Å². The van der Waals surface area contributed by atoms with Crippen LogP contribution in [0, 0.1) is 5.92 Å². The summed E-state index contributed by atoms with van der Waals surface area (Å²) in [5.41, 5.74) is 0. The van der Waals surface area contributed by atoms with E-state index >= 15 is 0 Å². The number of thioether (sulfide) groups is 1. The van der Waals surface area contributed by atoms with E-state index in [-0.39, 0.29) is 0 Å². The summed E-state index contributed by atoms with van der Waals surface area (Å²) in [5, 5.41) is 3.04. The largest absolute Gasteiger partial charge is 0.314 e. The Morgan fingerprint density at radius 2 is 2.50 bits per heavy atom. The fraction of sp³-hybridized carbons (Fsp3) is 1.00. The van der Waals surface area contributed by atoms with Gasteiger partial charge in [0.05, 0.1) is 0 Å². The van der Waals surface area contributed by atoms with E-state index in [1.807, 2.05) is 6.26 Å². The Labute approximate surface area is 65.8 Å². The van der Waals surface area contributed by atoms with Crippen LogP contribution in [-0.4, -0.2) is 31.3 Å². The predicted molar refractivity (Wildman–Crippen MR) is 44.3 cm³/mol. The average molecular weight is 163 g/mol. The van der Waals surface area contributed by atoms with Crippen molar-refractivity contribution in [3.63, 3.8) is 0 Å². The SMILES string of the molecule is CSCC1CCNCC1F. The Hall–Kier alpha value is 0.240. The zero-order chi connectivity index (χ0) is 7.40. The van der Waals surface area contributed by atoms with Gasteiger partial charge in [-0.05, 0) is 25.0 Å². The molecule has 3 heteroatoms. The molecule has 1 aliphatic heterocycles. The molecule has 1 saturated heterocycles. The molecule has 0 aromatic heterocycles. The second-order valence-corrected chi connectivity index (χ2v) is 3.63. The van der Waals surface area contributed by atoms with Crippen LogP contribution < -0.4 is 5.32 Å². The minimum absolute atomic E-state index is 0.302. The zero-order valence-electron chi connectivity index (χ0n) is 6.27. The van der Waals surface area contributed by atoms with Crippen molar-refractivity contribution in [1.29, 1.82) is 0 Å². The second kappa shape index (κ2) is 4.19. The highest BCUT2D eigenvalue weighted by Crippen LogP contribution is 2.19. The van der Waals surface area contributed by atoms with Gasteiger partial charge < -0.3 is 5.32 Å². The van der Waals surface area contributed by atoms with Crippen LogP contribution in [-0.2, 0) is 0 Å². The van der Waals surface area contributed by atoms with Gasteiger partial charge in [-0.1, -0.05) is 0 Å².